The second kappa shape index (κ2) is 5.28. The van der Waals surface area contributed by atoms with Crippen molar-refractivity contribution in [3.05, 3.63) is 30.2 Å². The van der Waals surface area contributed by atoms with Crippen molar-refractivity contribution >= 4 is 5.91 Å². The number of aliphatic hydroxyl groups excluding tert-OH is 1. The summed E-state index contributed by atoms with van der Waals surface area (Å²) in [5.41, 5.74) is 1.03. The lowest BCUT2D eigenvalue weighted by molar-refractivity contribution is 0.0856. The molecule has 2 aromatic rings. The Kier molecular flexibility index (Phi) is 3.26. The van der Waals surface area contributed by atoms with Gasteiger partial charge in [0.1, 0.15) is 5.69 Å². The van der Waals surface area contributed by atoms with Crippen LogP contribution >= 0.6 is 0 Å². The Morgan fingerprint density at radius 2 is 2.32 bits per heavy atom. The number of nitrogens with zero attached hydrogens (tertiary/aromatic N) is 1. The van der Waals surface area contributed by atoms with Gasteiger partial charge < -0.3 is 14.8 Å². The van der Waals surface area contributed by atoms with E-state index in [2.05, 4.69) is 15.5 Å². The van der Waals surface area contributed by atoms with Crippen LogP contribution in [0.15, 0.2) is 28.9 Å². The highest BCUT2D eigenvalue weighted by atomic mass is 16.3. The van der Waals surface area contributed by atoms with Gasteiger partial charge in [-0.2, -0.15) is 5.10 Å². The summed E-state index contributed by atoms with van der Waals surface area (Å²) in [6.07, 6.45) is 5.02. The van der Waals surface area contributed by atoms with Gasteiger partial charge in [0.25, 0.3) is 5.91 Å². The molecular formula is C16H19N3O3. The normalized spacial score (nSPS) is 29.9. The minimum atomic E-state index is -0.190. The fraction of sp³-hybridized carbons (Fsp3) is 0.500. The van der Waals surface area contributed by atoms with E-state index in [9.17, 15) is 9.90 Å². The van der Waals surface area contributed by atoms with Crippen LogP contribution in [0.1, 0.15) is 29.8 Å². The number of hydrogen-bond donors (Lipinski definition) is 3. The number of H-pyrrole nitrogens is 1. The molecule has 0 aromatic carbocycles. The molecule has 2 aliphatic rings. The molecule has 4 rings (SSSR count). The quantitative estimate of drug-likeness (QED) is 0.803. The second-order valence-corrected chi connectivity index (χ2v) is 6.32. The van der Waals surface area contributed by atoms with Gasteiger partial charge in [-0.1, -0.05) is 0 Å². The summed E-state index contributed by atoms with van der Waals surface area (Å²) in [5.74, 6) is 1.70. The van der Waals surface area contributed by atoms with Crippen molar-refractivity contribution in [2.24, 2.45) is 17.8 Å². The summed E-state index contributed by atoms with van der Waals surface area (Å²) in [4.78, 5) is 12.4. The lowest BCUT2D eigenvalue weighted by Gasteiger charge is -2.30. The van der Waals surface area contributed by atoms with E-state index in [0.29, 0.717) is 29.0 Å². The minimum Gasteiger partial charge on any atom is -0.463 e. The summed E-state index contributed by atoms with van der Waals surface area (Å²) in [6.45, 7) is 0.143. The lowest BCUT2D eigenvalue weighted by atomic mass is 9.85. The van der Waals surface area contributed by atoms with E-state index in [1.807, 2.05) is 6.07 Å². The standard InChI is InChI=1S/C16H19N3O3/c20-8-11-9-3-4-10(6-9)15(11)17-16(21)13-7-12(18-19-13)14-2-1-5-22-14/h1-2,5,7,9-11,15,20H,3-4,6,8H2,(H,17,21)(H,18,19). The van der Waals surface area contributed by atoms with Gasteiger partial charge in [-0.15, -0.1) is 0 Å². The predicted octanol–water partition coefficient (Wildman–Crippen LogP) is 1.81. The average molecular weight is 301 g/mol. The molecule has 0 saturated heterocycles. The average Bonchev–Trinajstić information content (AvgIpc) is 3.28. The molecule has 1 amide bonds. The number of amides is 1. The van der Waals surface area contributed by atoms with E-state index in [0.717, 1.165) is 12.8 Å². The highest BCUT2D eigenvalue weighted by molar-refractivity contribution is 5.93. The van der Waals surface area contributed by atoms with Crippen LogP contribution in [0.5, 0.6) is 0 Å². The zero-order chi connectivity index (χ0) is 15.1. The first-order chi connectivity index (χ1) is 10.8. The molecule has 0 radical (unpaired) electrons. The van der Waals surface area contributed by atoms with E-state index < -0.39 is 0 Å². The molecule has 2 bridgehead atoms. The van der Waals surface area contributed by atoms with E-state index in [1.54, 1.807) is 18.4 Å². The van der Waals surface area contributed by atoms with Crippen molar-refractivity contribution < 1.29 is 14.3 Å². The molecule has 0 aliphatic heterocycles. The molecule has 2 heterocycles. The summed E-state index contributed by atoms with van der Waals surface area (Å²) in [5, 5.41) is 19.5. The first kappa shape index (κ1) is 13.6. The second-order valence-electron chi connectivity index (χ2n) is 6.32. The largest absolute Gasteiger partial charge is 0.463 e. The van der Waals surface area contributed by atoms with Crippen molar-refractivity contribution in [1.29, 1.82) is 0 Å². The Bertz CT molecular complexity index is 664. The molecule has 0 spiro atoms. The van der Waals surface area contributed by atoms with Gasteiger partial charge in [-0.3, -0.25) is 9.89 Å². The Morgan fingerprint density at radius 3 is 3.09 bits per heavy atom. The van der Waals surface area contributed by atoms with Crippen LogP contribution in [-0.2, 0) is 0 Å². The SMILES string of the molecule is O=C(NC1C2CCC(C2)C1CO)c1cc(-c2ccco2)[nH]n1. The van der Waals surface area contributed by atoms with Crippen molar-refractivity contribution in [3.8, 4) is 11.5 Å². The highest BCUT2D eigenvalue weighted by Gasteiger charge is 2.47. The predicted molar refractivity (Wildman–Crippen MR) is 79.0 cm³/mol. The van der Waals surface area contributed by atoms with Crippen molar-refractivity contribution in [3.63, 3.8) is 0 Å². The first-order valence-electron chi connectivity index (χ1n) is 7.77. The molecule has 4 atom stereocenters. The maximum atomic E-state index is 12.4. The molecular weight excluding hydrogens is 282 g/mol. The maximum Gasteiger partial charge on any atom is 0.272 e. The van der Waals surface area contributed by atoms with Gasteiger partial charge in [0, 0.05) is 24.6 Å². The van der Waals surface area contributed by atoms with E-state index >= 15 is 0 Å². The lowest BCUT2D eigenvalue weighted by Crippen LogP contribution is -2.45. The van der Waals surface area contributed by atoms with Gasteiger partial charge in [0.2, 0.25) is 0 Å². The van der Waals surface area contributed by atoms with Gasteiger partial charge in [0.15, 0.2) is 11.5 Å². The van der Waals surface area contributed by atoms with Crippen LogP contribution in [0.4, 0.5) is 0 Å². The van der Waals surface area contributed by atoms with Crippen LogP contribution in [0.3, 0.4) is 0 Å². The maximum absolute atomic E-state index is 12.4. The summed E-state index contributed by atoms with van der Waals surface area (Å²) in [7, 11) is 0. The Morgan fingerprint density at radius 1 is 1.45 bits per heavy atom. The smallest absolute Gasteiger partial charge is 0.272 e. The first-order valence-corrected chi connectivity index (χ1v) is 7.77. The molecule has 6 heteroatoms. The molecule has 116 valence electrons. The zero-order valence-corrected chi connectivity index (χ0v) is 12.2. The molecule has 2 aromatic heterocycles. The summed E-state index contributed by atoms with van der Waals surface area (Å²) >= 11 is 0. The number of carbonyl (C=O) groups excluding carboxylic acids is 1. The summed E-state index contributed by atoms with van der Waals surface area (Å²) < 4.78 is 5.28. The van der Waals surface area contributed by atoms with E-state index in [1.165, 1.54) is 6.42 Å². The molecule has 4 unspecified atom stereocenters. The molecule has 22 heavy (non-hydrogen) atoms. The Balaban J connectivity index is 1.48. The highest BCUT2D eigenvalue weighted by Crippen LogP contribution is 2.48. The number of aromatic nitrogens is 2. The number of rotatable bonds is 4. The molecule has 3 N–H and O–H groups in total. The van der Waals surface area contributed by atoms with Gasteiger partial charge >= 0.3 is 0 Å². The topological polar surface area (TPSA) is 91.1 Å². The number of carbonyl (C=O) groups is 1. The van der Waals surface area contributed by atoms with Crippen molar-refractivity contribution in [1.82, 2.24) is 15.5 Å². The van der Waals surface area contributed by atoms with Crippen LogP contribution in [-0.4, -0.2) is 33.9 Å². The van der Waals surface area contributed by atoms with Gasteiger partial charge in [-0.05, 0) is 43.2 Å². The van der Waals surface area contributed by atoms with Crippen LogP contribution < -0.4 is 5.32 Å². The molecule has 6 nitrogen and oxygen atoms in total. The number of hydrogen-bond acceptors (Lipinski definition) is 4. The monoisotopic (exact) mass is 301 g/mol. The third-order valence-corrected chi connectivity index (χ3v) is 5.19. The summed E-state index contributed by atoms with van der Waals surface area (Å²) in [6, 6.07) is 5.36. The van der Waals surface area contributed by atoms with Crippen molar-refractivity contribution in [2.75, 3.05) is 6.61 Å². The third-order valence-electron chi connectivity index (χ3n) is 5.19. The fourth-order valence-corrected chi connectivity index (χ4v) is 4.12. The van der Waals surface area contributed by atoms with Gasteiger partial charge in [-0.25, -0.2) is 0 Å². The number of nitrogens with one attached hydrogen (secondary N) is 2. The minimum absolute atomic E-state index is 0.0695. The molecule has 2 fully saturated rings. The van der Waals surface area contributed by atoms with E-state index in [-0.39, 0.29) is 24.5 Å². The zero-order valence-electron chi connectivity index (χ0n) is 12.2. The number of aliphatic hydroxyl groups is 1. The third kappa shape index (κ3) is 2.14. The number of furan rings is 1. The van der Waals surface area contributed by atoms with E-state index in [4.69, 9.17) is 4.42 Å². The Labute approximate surface area is 127 Å². The van der Waals surface area contributed by atoms with Gasteiger partial charge in [0.05, 0.1) is 6.26 Å². The molecule has 2 aliphatic carbocycles. The number of aromatic amines is 1. The van der Waals surface area contributed by atoms with Crippen LogP contribution in [0, 0.1) is 17.8 Å². The molecule has 2 saturated carbocycles. The fourth-order valence-electron chi connectivity index (χ4n) is 4.12. The number of fused-ring (bicyclic) bond motifs is 2. The van der Waals surface area contributed by atoms with Crippen molar-refractivity contribution in [2.45, 2.75) is 25.3 Å². The van der Waals surface area contributed by atoms with Crippen LogP contribution in [0.2, 0.25) is 0 Å². The Hall–Kier alpha value is -2.08. The van der Waals surface area contributed by atoms with Crippen LogP contribution in [0.25, 0.3) is 11.5 Å².